The maximum Gasteiger partial charge on any atom is 0.326 e. The molecule has 4 aliphatic rings. The summed E-state index contributed by atoms with van der Waals surface area (Å²) in [6.45, 7) is 3.46. The van der Waals surface area contributed by atoms with Crippen molar-refractivity contribution >= 4 is 23.5 Å². The molecule has 2 fully saturated rings. The number of rotatable bonds is 5. The van der Waals surface area contributed by atoms with Crippen molar-refractivity contribution in [3.8, 4) is 11.5 Å². The quantitative estimate of drug-likeness (QED) is 0.625. The molecule has 0 unspecified atom stereocenters. The first-order chi connectivity index (χ1) is 17.4. The van der Waals surface area contributed by atoms with E-state index >= 15 is 0 Å². The lowest BCUT2D eigenvalue weighted by atomic mass is 9.90. The van der Waals surface area contributed by atoms with Crippen LogP contribution in [-0.4, -0.2) is 54.2 Å². The Bertz CT molecular complexity index is 1240. The molecule has 2 N–H and O–H groups in total. The number of nitrogens with one attached hydrogen (secondary N) is 2. The third-order valence-electron chi connectivity index (χ3n) is 7.89. The molecule has 3 aliphatic heterocycles. The van der Waals surface area contributed by atoms with E-state index in [2.05, 4.69) is 27.7 Å². The second-order valence-corrected chi connectivity index (χ2v) is 10.2. The highest BCUT2D eigenvalue weighted by Crippen LogP contribution is 2.35. The number of carbonyl (C=O) groups excluding carboxylic acids is 3. The van der Waals surface area contributed by atoms with Gasteiger partial charge in [-0.05, 0) is 67.9 Å². The summed E-state index contributed by atoms with van der Waals surface area (Å²) in [4.78, 5) is 42.4. The number of hydrogen-bond acceptors (Lipinski definition) is 6. The van der Waals surface area contributed by atoms with Gasteiger partial charge in [-0.25, -0.2) is 9.69 Å². The van der Waals surface area contributed by atoms with Gasteiger partial charge in [0, 0.05) is 30.8 Å². The molecule has 0 radical (unpaired) electrons. The summed E-state index contributed by atoms with van der Waals surface area (Å²) in [5.41, 5.74) is 3.06. The van der Waals surface area contributed by atoms with Crippen LogP contribution in [0.15, 0.2) is 36.4 Å². The third kappa shape index (κ3) is 3.97. The van der Waals surface area contributed by atoms with Crippen LogP contribution in [-0.2, 0) is 28.0 Å². The maximum absolute atomic E-state index is 13.4. The average Bonchev–Trinajstić information content (AvgIpc) is 3.59. The summed E-state index contributed by atoms with van der Waals surface area (Å²) in [5.74, 6) is 0.907. The Morgan fingerprint density at radius 2 is 1.83 bits per heavy atom. The number of benzene rings is 2. The number of anilines is 1. The summed E-state index contributed by atoms with van der Waals surface area (Å²) >= 11 is 0. The van der Waals surface area contributed by atoms with Gasteiger partial charge in [-0.2, -0.15) is 0 Å². The molecular weight excluding hydrogens is 460 g/mol. The fraction of sp³-hybridized carbons (Fsp3) is 0.444. The Kier molecular flexibility index (Phi) is 5.59. The van der Waals surface area contributed by atoms with Crippen molar-refractivity contribution in [1.82, 2.24) is 15.1 Å². The number of urea groups is 1. The number of fused-ring (bicyclic) bond motifs is 2. The highest BCUT2D eigenvalue weighted by Gasteiger charge is 2.49. The molecule has 2 aromatic carbocycles. The molecule has 1 atom stereocenters. The Morgan fingerprint density at radius 1 is 1.06 bits per heavy atom. The van der Waals surface area contributed by atoms with Gasteiger partial charge in [-0.3, -0.25) is 14.5 Å². The number of piperidine rings is 1. The Labute approximate surface area is 209 Å². The fourth-order valence-corrected chi connectivity index (χ4v) is 5.66. The van der Waals surface area contributed by atoms with E-state index in [0.29, 0.717) is 43.1 Å². The van der Waals surface area contributed by atoms with Crippen molar-refractivity contribution in [2.45, 2.75) is 44.6 Å². The first kappa shape index (κ1) is 22.8. The Balaban J connectivity index is 1.05. The van der Waals surface area contributed by atoms with Crippen LogP contribution in [0.25, 0.3) is 0 Å². The first-order valence-electron chi connectivity index (χ1n) is 12.6. The molecule has 0 bridgehead atoms. The minimum atomic E-state index is -1.06. The molecule has 188 valence electrons. The topological polar surface area (TPSA) is 100 Å². The molecule has 0 aromatic heterocycles. The highest BCUT2D eigenvalue weighted by atomic mass is 16.7. The smallest absolute Gasteiger partial charge is 0.326 e. The fourth-order valence-electron chi connectivity index (χ4n) is 5.66. The minimum absolute atomic E-state index is 0.0345. The van der Waals surface area contributed by atoms with Gasteiger partial charge >= 0.3 is 6.03 Å². The van der Waals surface area contributed by atoms with Crippen LogP contribution < -0.4 is 20.1 Å². The number of hydrogen-bond donors (Lipinski definition) is 2. The second kappa shape index (κ2) is 8.81. The van der Waals surface area contributed by atoms with E-state index in [4.69, 9.17) is 9.47 Å². The van der Waals surface area contributed by atoms with Crippen LogP contribution in [0.5, 0.6) is 11.5 Å². The Hall–Kier alpha value is -3.59. The molecule has 0 spiro atoms. The number of aryl methyl sites for hydroxylation is 2. The zero-order valence-electron chi connectivity index (χ0n) is 20.3. The monoisotopic (exact) mass is 490 g/mol. The number of likely N-dealkylation sites (tertiary alicyclic amines) is 1. The van der Waals surface area contributed by atoms with Crippen molar-refractivity contribution in [1.29, 1.82) is 0 Å². The summed E-state index contributed by atoms with van der Waals surface area (Å²) in [5, 5.41) is 5.90. The normalized spacial score (nSPS) is 23.6. The predicted molar refractivity (Wildman–Crippen MR) is 132 cm³/mol. The van der Waals surface area contributed by atoms with Gasteiger partial charge in [0.05, 0.1) is 6.67 Å². The van der Waals surface area contributed by atoms with Crippen LogP contribution in [0.3, 0.4) is 0 Å². The van der Waals surface area contributed by atoms with Crippen LogP contribution in [0.4, 0.5) is 10.5 Å². The lowest BCUT2D eigenvalue weighted by Gasteiger charge is -2.33. The van der Waals surface area contributed by atoms with Crippen LogP contribution in [0.2, 0.25) is 0 Å². The summed E-state index contributed by atoms with van der Waals surface area (Å²) in [7, 11) is 0. The zero-order chi connectivity index (χ0) is 24.9. The van der Waals surface area contributed by atoms with Gasteiger partial charge in [0.1, 0.15) is 5.54 Å². The largest absolute Gasteiger partial charge is 0.454 e. The SMILES string of the molecule is C[C@]1(c2ccc3c(c2)CCC3)NC(=O)N(CN2CCC(C(=O)Nc3ccc4c(c3)OCO4)CC2)C1=O. The second-order valence-electron chi connectivity index (χ2n) is 10.2. The van der Waals surface area contributed by atoms with E-state index in [9.17, 15) is 14.4 Å². The third-order valence-corrected chi connectivity index (χ3v) is 7.89. The first-order valence-corrected chi connectivity index (χ1v) is 12.6. The van der Waals surface area contributed by atoms with Gasteiger partial charge in [-0.15, -0.1) is 0 Å². The van der Waals surface area contributed by atoms with Crippen molar-refractivity contribution in [3.05, 3.63) is 53.1 Å². The summed E-state index contributed by atoms with van der Waals surface area (Å²) in [6, 6.07) is 11.1. The standard InChI is InChI=1S/C27H30N4O5/c1-27(20-6-5-17-3-2-4-19(17)13-20)25(33)31(26(34)29-27)15-30-11-9-18(10-12-30)24(32)28-21-7-8-22-23(14-21)36-16-35-22/h5-8,13-14,18H,2-4,9-12,15-16H2,1H3,(H,28,32)(H,29,34)/t27-/m1/s1. The van der Waals surface area contributed by atoms with Gasteiger partial charge < -0.3 is 20.1 Å². The number of imide groups is 1. The number of carbonyl (C=O) groups is 3. The molecule has 0 saturated carbocycles. The molecular formula is C27H30N4O5. The molecule has 2 saturated heterocycles. The van der Waals surface area contributed by atoms with E-state index in [1.54, 1.807) is 25.1 Å². The molecule has 1 aliphatic carbocycles. The van der Waals surface area contributed by atoms with Crippen LogP contribution in [0, 0.1) is 5.92 Å². The number of ether oxygens (including phenoxy) is 2. The van der Waals surface area contributed by atoms with Crippen molar-refractivity contribution in [2.24, 2.45) is 5.92 Å². The van der Waals surface area contributed by atoms with Gasteiger partial charge in [0.15, 0.2) is 11.5 Å². The maximum atomic E-state index is 13.4. The van der Waals surface area contributed by atoms with E-state index in [-0.39, 0.29) is 37.2 Å². The molecule has 9 nitrogen and oxygen atoms in total. The molecule has 2 aromatic rings. The summed E-state index contributed by atoms with van der Waals surface area (Å²) in [6.07, 6.45) is 4.53. The molecule has 36 heavy (non-hydrogen) atoms. The molecule has 4 amide bonds. The minimum Gasteiger partial charge on any atom is -0.454 e. The Morgan fingerprint density at radius 3 is 2.67 bits per heavy atom. The zero-order valence-corrected chi connectivity index (χ0v) is 20.3. The van der Waals surface area contributed by atoms with Crippen LogP contribution in [0.1, 0.15) is 42.9 Å². The number of amides is 4. The summed E-state index contributed by atoms with van der Waals surface area (Å²) < 4.78 is 10.7. The van der Waals surface area contributed by atoms with Crippen molar-refractivity contribution in [3.63, 3.8) is 0 Å². The lowest BCUT2D eigenvalue weighted by Crippen LogP contribution is -2.47. The van der Waals surface area contributed by atoms with E-state index < -0.39 is 5.54 Å². The molecule has 3 heterocycles. The van der Waals surface area contributed by atoms with Gasteiger partial charge in [-0.1, -0.05) is 18.2 Å². The number of nitrogens with zero attached hydrogens (tertiary/aromatic N) is 2. The van der Waals surface area contributed by atoms with E-state index in [0.717, 1.165) is 24.8 Å². The predicted octanol–water partition coefficient (Wildman–Crippen LogP) is 2.98. The molecule has 6 rings (SSSR count). The lowest BCUT2D eigenvalue weighted by molar-refractivity contribution is -0.133. The van der Waals surface area contributed by atoms with Crippen LogP contribution >= 0.6 is 0 Å². The van der Waals surface area contributed by atoms with Gasteiger partial charge in [0.25, 0.3) is 5.91 Å². The van der Waals surface area contributed by atoms with Gasteiger partial charge in [0.2, 0.25) is 12.7 Å². The van der Waals surface area contributed by atoms with Crippen molar-refractivity contribution in [2.75, 3.05) is 31.9 Å². The molecule has 9 heteroatoms. The van der Waals surface area contributed by atoms with E-state index in [1.807, 2.05) is 6.07 Å². The van der Waals surface area contributed by atoms with Crippen molar-refractivity contribution < 1.29 is 23.9 Å². The van der Waals surface area contributed by atoms with E-state index in [1.165, 1.54) is 16.0 Å². The average molecular weight is 491 g/mol. The highest BCUT2D eigenvalue weighted by molar-refractivity contribution is 6.07.